The molecule has 2 aliphatic rings. The summed E-state index contributed by atoms with van der Waals surface area (Å²) < 4.78 is 5.75. The summed E-state index contributed by atoms with van der Waals surface area (Å²) in [6.07, 6.45) is 8.78. The van der Waals surface area contributed by atoms with E-state index in [4.69, 9.17) is 10.00 Å². The van der Waals surface area contributed by atoms with Gasteiger partial charge in [-0.25, -0.2) is 0 Å². The molecular weight excluding hydrogens is 250 g/mol. The third-order valence-corrected chi connectivity index (χ3v) is 5.07. The Balaban J connectivity index is 1.67. The lowest BCUT2D eigenvalue weighted by Gasteiger charge is -2.43. The van der Waals surface area contributed by atoms with Crippen LogP contribution in [0.3, 0.4) is 0 Å². The van der Waals surface area contributed by atoms with E-state index in [9.17, 15) is 0 Å². The molecule has 1 aromatic heterocycles. The van der Waals surface area contributed by atoms with Crippen LogP contribution in [0.25, 0.3) is 0 Å². The molecule has 3 rings (SSSR count). The summed E-state index contributed by atoms with van der Waals surface area (Å²) in [6, 6.07) is 4.12. The number of methoxy groups -OCH3 is 1. The van der Waals surface area contributed by atoms with Crippen LogP contribution >= 0.6 is 0 Å². The molecule has 4 heteroatoms. The van der Waals surface area contributed by atoms with Gasteiger partial charge < -0.3 is 9.72 Å². The van der Waals surface area contributed by atoms with Crippen LogP contribution in [0.2, 0.25) is 0 Å². The summed E-state index contributed by atoms with van der Waals surface area (Å²) in [5, 5.41) is 8.88. The molecule has 0 radical (unpaired) electrons. The molecule has 0 aromatic carbocycles. The van der Waals surface area contributed by atoms with Gasteiger partial charge >= 0.3 is 0 Å². The van der Waals surface area contributed by atoms with Crippen molar-refractivity contribution in [1.82, 2.24) is 9.88 Å². The number of nitriles is 1. The standard InChI is InChI=1S/C16H23N3O/c1-20-15-4-2-5-16(15)6-3-7-19(12-16)11-13-8-14(9-17)18-10-13/h8,10,15,18H,2-7,11-12H2,1H3/t15-,16+/m1/s1. The van der Waals surface area contributed by atoms with Crippen LogP contribution in [0, 0.1) is 16.7 Å². The van der Waals surface area contributed by atoms with Crippen molar-refractivity contribution in [1.29, 1.82) is 5.26 Å². The molecule has 1 aliphatic heterocycles. The van der Waals surface area contributed by atoms with Gasteiger partial charge in [0.15, 0.2) is 0 Å². The second-order valence-electron chi connectivity index (χ2n) is 6.33. The minimum absolute atomic E-state index is 0.376. The van der Waals surface area contributed by atoms with Crippen LogP contribution in [0.1, 0.15) is 43.4 Å². The van der Waals surface area contributed by atoms with Crippen molar-refractivity contribution in [2.75, 3.05) is 20.2 Å². The van der Waals surface area contributed by atoms with Crippen LogP contribution in [0.15, 0.2) is 12.3 Å². The van der Waals surface area contributed by atoms with E-state index in [0.717, 1.165) is 19.6 Å². The summed E-state index contributed by atoms with van der Waals surface area (Å²) in [6.45, 7) is 3.24. The third-order valence-electron chi connectivity index (χ3n) is 5.07. The van der Waals surface area contributed by atoms with Gasteiger partial charge in [0.2, 0.25) is 0 Å². The van der Waals surface area contributed by atoms with Crippen molar-refractivity contribution in [3.05, 3.63) is 23.5 Å². The Kier molecular flexibility index (Phi) is 3.82. The van der Waals surface area contributed by atoms with Crippen molar-refractivity contribution in [2.24, 2.45) is 5.41 Å². The minimum Gasteiger partial charge on any atom is -0.381 e. The minimum atomic E-state index is 0.376. The van der Waals surface area contributed by atoms with Crippen LogP contribution < -0.4 is 0 Å². The topological polar surface area (TPSA) is 52.0 Å². The van der Waals surface area contributed by atoms with Gasteiger partial charge in [0, 0.05) is 31.8 Å². The summed E-state index contributed by atoms with van der Waals surface area (Å²) in [5.41, 5.74) is 2.24. The highest BCUT2D eigenvalue weighted by Crippen LogP contribution is 2.46. The van der Waals surface area contributed by atoms with Crippen molar-refractivity contribution in [3.63, 3.8) is 0 Å². The van der Waals surface area contributed by atoms with Gasteiger partial charge in [0.1, 0.15) is 11.8 Å². The zero-order valence-electron chi connectivity index (χ0n) is 12.2. The van der Waals surface area contributed by atoms with E-state index < -0.39 is 0 Å². The Labute approximate surface area is 120 Å². The molecule has 4 nitrogen and oxygen atoms in total. The Morgan fingerprint density at radius 1 is 1.50 bits per heavy atom. The first-order valence-corrected chi connectivity index (χ1v) is 7.58. The van der Waals surface area contributed by atoms with E-state index in [1.807, 2.05) is 19.4 Å². The molecule has 1 spiro atoms. The molecule has 1 N–H and O–H groups in total. The third kappa shape index (κ3) is 2.48. The maximum Gasteiger partial charge on any atom is 0.117 e. The maximum atomic E-state index is 8.88. The highest BCUT2D eigenvalue weighted by Gasteiger charge is 2.45. The Morgan fingerprint density at radius 2 is 2.35 bits per heavy atom. The second-order valence-corrected chi connectivity index (χ2v) is 6.33. The number of ether oxygens (including phenoxy) is 1. The molecule has 108 valence electrons. The van der Waals surface area contributed by atoms with Crippen molar-refractivity contribution in [2.45, 2.75) is 44.8 Å². The fraction of sp³-hybridized carbons (Fsp3) is 0.688. The van der Waals surface area contributed by atoms with Crippen molar-refractivity contribution in [3.8, 4) is 6.07 Å². The van der Waals surface area contributed by atoms with Crippen LogP contribution in [-0.2, 0) is 11.3 Å². The zero-order chi connectivity index (χ0) is 14.0. The molecule has 1 saturated carbocycles. The fourth-order valence-electron chi connectivity index (χ4n) is 4.19. The van der Waals surface area contributed by atoms with Crippen LogP contribution in [-0.4, -0.2) is 36.2 Å². The lowest BCUT2D eigenvalue weighted by atomic mass is 9.76. The van der Waals surface area contributed by atoms with Gasteiger partial charge in [-0.15, -0.1) is 0 Å². The monoisotopic (exact) mass is 273 g/mol. The predicted octanol–water partition coefficient (Wildman–Crippen LogP) is 2.67. The van der Waals surface area contributed by atoms with E-state index in [1.54, 1.807) is 0 Å². The van der Waals surface area contributed by atoms with E-state index in [2.05, 4.69) is 16.0 Å². The maximum absolute atomic E-state index is 8.88. The molecule has 0 amide bonds. The lowest BCUT2D eigenvalue weighted by Crippen LogP contribution is -2.47. The predicted molar refractivity (Wildman–Crippen MR) is 77.1 cm³/mol. The number of H-pyrrole nitrogens is 1. The van der Waals surface area contributed by atoms with Crippen LogP contribution in [0.4, 0.5) is 0 Å². The first-order chi connectivity index (χ1) is 9.75. The average Bonchev–Trinajstić information content (AvgIpc) is 3.06. The first kappa shape index (κ1) is 13.7. The first-order valence-electron chi connectivity index (χ1n) is 7.58. The van der Waals surface area contributed by atoms with E-state index in [-0.39, 0.29) is 0 Å². The number of rotatable bonds is 3. The zero-order valence-corrected chi connectivity index (χ0v) is 12.2. The SMILES string of the molecule is CO[C@@H]1CCC[C@@]12CCCN(Cc1c[nH]c(C#N)c1)C2. The number of aromatic nitrogens is 1. The van der Waals surface area contributed by atoms with Crippen LogP contribution in [0.5, 0.6) is 0 Å². The van der Waals surface area contributed by atoms with Gasteiger partial charge in [0.25, 0.3) is 0 Å². The van der Waals surface area contributed by atoms with E-state index in [0.29, 0.717) is 17.2 Å². The summed E-state index contributed by atoms with van der Waals surface area (Å²) in [7, 11) is 1.86. The molecule has 20 heavy (non-hydrogen) atoms. The molecule has 2 fully saturated rings. The van der Waals surface area contributed by atoms with Gasteiger partial charge in [-0.1, -0.05) is 6.42 Å². The lowest BCUT2D eigenvalue weighted by molar-refractivity contribution is -0.0366. The highest BCUT2D eigenvalue weighted by atomic mass is 16.5. The van der Waals surface area contributed by atoms with Gasteiger partial charge in [-0.2, -0.15) is 5.26 Å². The average molecular weight is 273 g/mol. The largest absolute Gasteiger partial charge is 0.381 e. The Hall–Kier alpha value is -1.31. The number of likely N-dealkylation sites (tertiary alicyclic amines) is 1. The Morgan fingerprint density at radius 3 is 3.10 bits per heavy atom. The summed E-state index contributed by atoms with van der Waals surface area (Å²) in [5.74, 6) is 0. The quantitative estimate of drug-likeness (QED) is 0.921. The molecule has 0 bridgehead atoms. The molecule has 2 heterocycles. The van der Waals surface area contributed by atoms with Crippen molar-refractivity contribution >= 4 is 0 Å². The number of nitrogens with one attached hydrogen (secondary N) is 1. The fourth-order valence-corrected chi connectivity index (χ4v) is 4.19. The second kappa shape index (κ2) is 5.59. The van der Waals surface area contributed by atoms with Gasteiger partial charge in [-0.3, -0.25) is 4.90 Å². The molecule has 2 atom stereocenters. The number of aromatic amines is 1. The molecule has 1 saturated heterocycles. The number of nitrogens with zero attached hydrogens (tertiary/aromatic N) is 2. The van der Waals surface area contributed by atoms with E-state index in [1.165, 1.54) is 37.7 Å². The molecule has 0 unspecified atom stereocenters. The van der Waals surface area contributed by atoms with Gasteiger partial charge in [0.05, 0.1) is 6.10 Å². The summed E-state index contributed by atoms with van der Waals surface area (Å²) >= 11 is 0. The number of piperidine rings is 1. The smallest absolute Gasteiger partial charge is 0.117 e. The van der Waals surface area contributed by atoms with Crippen molar-refractivity contribution < 1.29 is 4.74 Å². The molecule has 1 aliphatic carbocycles. The Bertz CT molecular complexity index is 504. The molecular formula is C16H23N3O. The number of hydrogen-bond donors (Lipinski definition) is 1. The van der Waals surface area contributed by atoms with E-state index >= 15 is 0 Å². The number of hydrogen-bond acceptors (Lipinski definition) is 3. The van der Waals surface area contributed by atoms with Gasteiger partial charge in [-0.05, 0) is 43.9 Å². The normalized spacial score (nSPS) is 30.7. The highest BCUT2D eigenvalue weighted by molar-refractivity contribution is 5.26. The summed E-state index contributed by atoms with van der Waals surface area (Å²) in [4.78, 5) is 5.55. The molecule has 1 aromatic rings.